The highest BCUT2D eigenvalue weighted by atomic mass is 32.1. The van der Waals surface area contributed by atoms with E-state index in [1.807, 2.05) is 34.0 Å². The number of carbonyl (C=O) groups excluding carboxylic acids is 2. The van der Waals surface area contributed by atoms with Crippen molar-refractivity contribution < 1.29 is 9.59 Å². The number of amides is 2. The first kappa shape index (κ1) is 75.7. The third-order valence-electron chi connectivity index (χ3n) is 21.6. The molecule has 2 amide bonds. The second kappa shape index (κ2) is 40.1. The number of fused-ring (bicyclic) bond motifs is 2. The Morgan fingerprint density at radius 1 is 0.457 bits per heavy atom. The van der Waals surface area contributed by atoms with Crippen LogP contribution in [0.3, 0.4) is 0 Å². The highest BCUT2D eigenvalue weighted by Gasteiger charge is 2.50. The summed E-state index contributed by atoms with van der Waals surface area (Å²) in [5.74, 6) is 0.817. The maximum Gasteiger partial charge on any atom is 0.261 e. The molecule has 0 N–H and O–H groups in total. The second-order valence-corrected chi connectivity index (χ2v) is 32.9. The average molecular weight is 1350 g/mol. The van der Waals surface area contributed by atoms with Gasteiger partial charge in [-0.05, 0) is 164 Å². The minimum Gasteiger partial charge on any atom is -0.306 e. The molecule has 3 unspecified atom stereocenters. The lowest BCUT2D eigenvalue weighted by Crippen LogP contribution is -2.34. The zero-order valence-corrected chi connectivity index (χ0v) is 64.0. The summed E-state index contributed by atoms with van der Waals surface area (Å²) >= 11 is 7.44. The first-order chi connectivity index (χ1) is 46.0. The average Bonchev–Trinajstić information content (AvgIpc) is 1.56. The first-order valence-corrected chi connectivity index (χ1v) is 42.4. The monoisotopic (exact) mass is 1350 g/mol. The fourth-order valence-electron chi connectivity index (χ4n) is 15.9. The summed E-state index contributed by atoms with van der Waals surface area (Å²) in [7, 11) is 0. The van der Waals surface area contributed by atoms with Gasteiger partial charge in [-0.15, -0.1) is 45.3 Å². The van der Waals surface area contributed by atoms with Gasteiger partial charge in [0, 0.05) is 42.9 Å². The molecule has 0 fully saturated rings. The predicted octanol–water partition coefficient (Wildman–Crippen LogP) is 28.3. The van der Waals surface area contributed by atoms with E-state index in [9.17, 15) is 0 Å². The molecule has 3 aliphatic rings. The standard InChI is InChI=1S/C86H126N2O2S4/c1-11-20-27-34-36-41-47-65(45-38-29-22-13-3)61-87-81(75-55-53-73(92-75)77-58-67(63-91-77)49-40-31-24-15-5)79-80(85(87)90)82(88(84(79)89)62-66(46-39-30-23-14-4)48-42-37-35-28-21-12-2)76-56-54-74(93-76)78-60-68(50-43-32-25-16-6)83(94-78)69-51-52-71-70(18-8)64(10)86(19-9,72(71)59-69)57-44-33-26-17-7/h18,51-56,58-60,63,65-66H,8,11-17,19-50,57,61-62H2,1-7,9-10H3. The molecular weight excluding hydrogens is 1220 g/mol. The summed E-state index contributed by atoms with van der Waals surface area (Å²) in [6.07, 6.45) is 50.9. The summed E-state index contributed by atoms with van der Waals surface area (Å²) < 4.78 is 0. The van der Waals surface area contributed by atoms with E-state index in [-0.39, 0.29) is 17.2 Å². The predicted molar refractivity (Wildman–Crippen MR) is 418 cm³/mol. The number of hydrogen-bond donors (Lipinski definition) is 0. The van der Waals surface area contributed by atoms with Gasteiger partial charge >= 0.3 is 0 Å². The summed E-state index contributed by atoms with van der Waals surface area (Å²) in [6.45, 7) is 26.7. The van der Waals surface area contributed by atoms with Gasteiger partial charge in [-0.3, -0.25) is 9.59 Å². The highest BCUT2D eigenvalue weighted by molar-refractivity contribution is 7.24. The second-order valence-electron chi connectivity index (χ2n) is 28.8. The molecule has 2 aliphatic heterocycles. The number of benzene rings is 1. The third kappa shape index (κ3) is 19.6. The molecule has 6 heterocycles. The van der Waals surface area contributed by atoms with E-state index in [0.29, 0.717) is 36.1 Å². The number of thiophene rings is 4. The number of allylic oxidation sites excluding steroid dienone is 3. The van der Waals surface area contributed by atoms with E-state index in [1.54, 1.807) is 11.3 Å². The van der Waals surface area contributed by atoms with Crippen molar-refractivity contribution in [3.05, 3.63) is 121 Å². The van der Waals surface area contributed by atoms with Crippen molar-refractivity contribution in [3.8, 4) is 29.9 Å². The number of carbonyl (C=O) groups is 2. The normalized spacial score (nSPS) is 16.3. The topological polar surface area (TPSA) is 40.6 Å². The Kier molecular flexibility index (Phi) is 32.3. The maximum atomic E-state index is 16.4. The van der Waals surface area contributed by atoms with Gasteiger partial charge in [0.05, 0.1) is 32.3 Å². The number of rotatable bonds is 50. The molecule has 8 heteroatoms. The summed E-state index contributed by atoms with van der Waals surface area (Å²) in [4.78, 5) is 45.8. The van der Waals surface area contributed by atoms with Crippen molar-refractivity contribution in [1.82, 2.24) is 9.80 Å². The van der Waals surface area contributed by atoms with Crippen molar-refractivity contribution in [2.24, 2.45) is 11.8 Å². The van der Waals surface area contributed by atoms with Crippen LogP contribution in [0.15, 0.2) is 89.4 Å². The number of nitrogens with zero attached hydrogens (tertiary/aromatic N) is 2. The van der Waals surface area contributed by atoms with E-state index in [4.69, 9.17) is 0 Å². The van der Waals surface area contributed by atoms with Gasteiger partial charge in [0.15, 0.2) is 0 Å². The lowest BCUT2D eigenvalue weighted by atomic mass is 9.71. The molecule has 4 nitrogen and oxygen atoms in total. The van der Waals surface area contributed by atoms with Gasteiger partial charge in [-0.1, -0.05) is 278 Å². The Balaban J connectivity index is 1.26. The molecule has 0 bridgehead atoms. The lowest BCUT2D eigenvalue weighted by molar-refractivity contribution is -0.124. The van der Waals surface area contributed by atoms with Crippen molar-refractivity contribution in [3.63, 3.8) is 0 Å². The SMILES string of the molecule is C=CC1=C(C)C(CC)(CCCCCC)c2cc(-c3sc(-c4ccc(C5=C6C(=O)N(CC(CCCCCC)CCCCCCCC)C(c7ccc(-c8cc(CCCCCC)cs8)s7)=C6C(=O)N5CC(CCCCCC)CCCCCCCC)s4)cc3CCCCCC)ccc21. The Bertz CT molecular complexity index is 3220. The molecule has 0 radical (unpaired) electrons. The Morgan fingerprint density at radius 2 is 0.894 bits per heavy atom. The minimum atomic E-state index is 0.0201. The molecule has 3 atom stereocenters. The van der Waals surface area contributed by atoms with Crippen LogP contribution in [0.1, 0.15) is 338 Å². The van der Waals surface area contributed by atoms with Crippen LogP contribution in [0.25, 0.3) is 46.9 Å². The van der Waals surface area contributed by atoms with E-state index in [2.05, 4.69) is 145 Å². The molecule has 8 rings (SSSR count). The summed E-state index contributed by atoms with van der Waals surface area (Å²) in [6, 6.07) is 21.6. The largest absolute Gasteiger partial charge is 0.306 e. The van der Waals surface area contributed by atoms with Gasteiger partial charge in [-0.25, -0.2) is 0 Å². The molecular formula is C86H126N2O2S4. The molecule has 516 valence electrons. The molecule has 5 aromatic rings. The van der Waals surface area contributed by atoms with Crippen LogP contribution in [0.5, 0.6) is 0 Å². The zero-order valence-electron chi connectivity index (χ0n) is 60.8. The Morgan fingerprint density at radius 3 is 1.38 bits per heavy atom. The van der Waals surface area contributed by atoms with Crippen LogP contribution in [-0.2, 0) is 27.8 Å². The van der Waals surface area contributed by atoms with Crippen LogP contribution < -0.4 is 0 Å². The molecule has 0 saturated carbocycles. The van der Waals surface area contributed by atoms with Crippen LogP contribution >= 0.6 is 45.3 Å². The number of unbranched alkanes of at least 4 members (excludes halogenated alkanes) is 25. The van der Waals surface area contributed by atoms with Gasteiger partial charge in [0.25, 0.3) is 11.8 Å². The molecule has 94 heavy (non-hydrogen) atoms. The minimum absolute atomic E-state index is 0.0201. The van der Waals surface area contributed by atoms with Gasteiger partial charge < -0.3 is 9.80 Å². The molecule has 0 spiro atoms. The molecule has 1 aromatic carbocycles. The third-order valence-corrected chi connectivity index (χ3v) is 26.4. The molecule has 0 saturated heterocycles. The summed E-state index contributed by atoms with van der Waals surface area (Å²) in [5.41, 5.74) is 13.0. The van der Waals surface area contributed by atoms with E-state index in [1.165, 1.54) is 275 Å². The fourth-order valence-corrected chi connectivity index (χ4v) is 20.4. The zero-order chi connectivity index (χ0) is 66.7. The van der Waals surface area contributed by atoms with E-state index >= 15 is 9.59 Å². The lowest BCUT2D eigenvalue weighted by Gasteiger charge is -2.32. The van der Waals surface area contributed by atoms with Crippen molar-refractivity contribution >= 4 is 74.1 Å². The Labute approximate surface area is 590 Å². The van der Waals surface area contributed by atoms with Crippen LogP contribution in [0.2, 0.25) is 0 Å². The van der Waals surface area contributed by atoms with Crippen LogP contribution in [-0.4, -0.2) is 34.7 Å². The van der Waals surface area contributed by atoms with Gasteiger partial charge in [0.1, 0.15) is 0 Å². The van der Waals surface area contributed by atoms with Crippen molar-refractivity contribution in [2.75, 3.05) is 13.1 Å². The van der Waals surface area contributed by atoms with Gasteiger partial charge in [-0.2, -0.15) is 0 Å². The molecule has 4 aromatic heterocycles. The molecule has 1 aliphatic carbocycles. The van der Waals surface area contributed by atoms with E-state index < -0.39 is 0 Å². The van der Waals surface area contributed by atoms with Crippen LogP contribution in [0.4, 0.5) is 0 Å². The number of hydrogen-bond acceptors (Lipinski definition) is 6. The highest BCUT2D eigenvalue weighted by Crippen LogP contribution is 2.55. The van der Waals surface area contributed by atoms with E-state index in [0.717, 1.165) is 66.1 Å². The van der Waals surface area contributed by atoms with Crippen molar-refractivity contribution in [1.29, 1.82) is 0 Å². The van der Waals surface area contributed by atoms with Gasteiger partial charge in [0.2, 0.25) is 0 Å². The maximum absolute atomic E-state index is 16.4. The quantitative estimate of drug-likeness (QED) is 0.0364. The van der Waals surface area contributed by atoms with Crippen LogP contribution in [0, 0.1) is 11.8 Å². The summed E-state index contributed by atoms with van der Waals surface area (Å²) in [5, 5.41) is 2.37. The van der Waals surface area contributed by atoms with Crippen molar-refractivity contribution in [2.45, 2.75) is 325 Å². The fraction of sp³-hybridized carbons (Fsp3) is 0.628. The smallest absolute Gasteiger partial charge is 0.261 e. The Hall–Kier alpha value is -4.08. The first-order valence-electron chi connectivity index (χ1n) is 39.1. The number of aryl methyl sites for hydroxylation is 2.